The quantitative estimate of drug-likeness (QED) is 0.471. The largest absolute Gasteiger partial charge is 1.00 e. The van der Waals surface area contributed by atoms with Crippen molar-refractivity contribution in [3.05, 3.63) is 0 Å². The minimum Gasteiger partial charge on any atom is -1.00 e. The topological polar surface area (TPSA) is 26.3 Å². The van der Waals surface area contributed by atoms with Crippen LogP contribution in [-0.2, 0) is 9.53 Å². The van der Waals surface area contributed by atoms with Crippen LogP contribution >= 0.6 is 0 Å². The molecule has 0 N–H and O–H groups in total. The molecule has 0 unspecified atom stereocenters. The Bertz CT molecular complexity index is 243. The molecule has 0 amide bonds. The van der Waals surface area contributed by atoms with E-state index in [-0.39, 0.29) is 23.0 Å². The number of fused-ring (bicyclic) bond motifs is 3. The van der Waals surface area contributed by atoms with Gasteiger partial charge in [-0.1, -0.05) is 0 Å². The van der Waals surface area contributed by atoms with Crippen LogP contribution in [0.4, 0.5) is 0 Å². The number of ether oxygens (including phenoxy) is 1. The minimum atomic E-state index is 0. The van der Waals surface area contributed by atoms with Crippen molar-refractivity contribution in [3.63, 3.8) is 0 Å². The van der Waals surface area contributed by atoms with E-state index in [2.05, 4.69) is 7.05 Å². The first-order valence-corrected chi connectivity index (χ1v) is 6.07. The number of halogens is 1. The molecular formula is C12H22BrNO2. The van der Waals surface area contributed by atoms with Crippen molar-refractivity contribution in [2.75, 3.05) is 33.3 Å². The lowest BCUT2D eigenvalue weighted by Gasteiger charge is -2.52. The molecule has 0 aromatic heterocycles. The molecule has 3 rings (SSSR count). The van der Waals surface area contributed by atoms with E-state index in [4.69, 9.17) is 4.74 Å². The summed E-state index contributed by atoms with van der Waals surface area (Å²) in [5.74, 6) is 0.00973. The van der Waals surface area contributed by atoms with Gasteiger partial charge in [-0.25, -0.2) is 0 Å². The van der Waals surface area contributed by atoms with E-state index in [1.165, 1.54) is 43.4 Å². The van der Waals surface area contributed by atoms with Gasteiger partial charge in [-0.3, -0.25) is 4.79 Å². The number of rotatable bonds is 3. The monoisotopic (exact) mass is 291 g/mol. The van der Waals surface area contributed by atoms with Gasteiger partial charge in [-0.2, -0.15) is 0 Å². The van der Waals surface area contributed by atoms with Gasteiger partial charge >= 0.3 is 5.97 Å². The molecule has 3 heterocycles. The molecule has 0 atom stereocenters. The van der Waals surface area contributed by atoms with E-state index < -0.39 is 0 Å². The second-order valence-electron chi connectivity index (χ2n) is 5.52. The first-order chi connectivity index (χ1) is 7.08. The van der Waals surface area contributed by atoms with Crippen molar-refractivity contribution >= 4 is 5.97 Å². The molecule has 0 aliphatic carbocycles. The average molecular weight is 292 g/mol. The van der Waals surface area contributed by atoms with Crippen molar-refractivity contribution in [2.24, 2.45) is 5.41 Å². The summed E-state index contributed by atoms with van der Waals surface area (Å²) in [5.41, 5.74) is 0.294. The molecule has 2 bridgehead atoms. The van der Waals surface area contributed by atoms with Crippen LogP contribution in [0.2, 0.25) is 0 Å². The first-order valence-electron chi connectivity index (χ1n) is 6.07. The van der Waals surface area contributed by atoms with E-state index >= 15 is 0 Å². The third-order valence-corrected chi connectivity index (χ3v) is 4.37. The lowest BCUT2D eigenvalue weighted by Crippen LogP contribution is -3.00. The molecule has 3 aliphatic rings. The van der Waals surface area contributed by atoms with Crippen LogP contribution < -0.4 is 17.0 Å². The predicted octanol–water partition coefficient (Wildman–Crippen LogP) is -1.43. The van der Waals surface area contributed by atoms with Crippen LogP contribution in [0.5, 0.6) is 0 Å². The standard InChI is InChI=1S/C12H22NO2.BrH/c1-3-15-11(14)10-12-4-7-13(2,8-5-12)9-6-12;/h3-10H2,1-2H3;1H/q+1;/p-1. The van der Waals surface area contributed by atoms with Crippen molar-refractivity contribution in [3.8, 4) is 0 Å². The summed E-state index contributed by atoms with van der Waals surface area (Å²) in [6.07, 6.45) is 4.29. The Kier molecular flexibility index (Phi) is 4.41. The van der Waals surface area contributed by atoms with Gasteiger partial charge in [0.1, 0.15) is 0 Å². The van der Waals surface area contributed by atoms with Gasteiger partial charge in [-0.15, -0.1) is 0 Å². The molecule has 0 spiro atoms. The zero-order valence-electron chi connectivity index (χ0n) is 10.3. The van der Waals surface area contributed by atoms with Crippen LogP contribution in [0.1, 0.15) is 32.6 Å². The van der Waals surface area contributed by atoms with Gasteiger partial charge in [0.05, 0.1) is 39.7 Å². The molecule has 4 heteroatoms. The summed E-state index contributed by atoms with van der Waals surface area (Å²) in [5, 5.41) is 0. The maximum absolute atomic E-state index is 11.5. The maximum Gasteiger partial charge on any atom is 0.306 e. The van der Waals surface area contributed by atoms with Gasteiger partial charge in [0.25, 0.3) is 0 Å². The van der Waals surface area contributed by atoms with Crippen molar-refractivity contribution in [2.45, 2.75) is 32.6 Å². The number of piperidine rings is 3. The Balaban J connectivity index is 0.00000128. The average Bonchev–Trinajstić information content (AvgIpc) is 2.21. The van der Waals surface area contributed by atoms with Crippen LogP contribution in [0, 0.1) is 5.41 Å². The summed E-state index contributed by atoms with van der Waals surface area (Å²) >= 11 is 0. The summed E-state index contributed by atoms with van der Waals surface area (Å²) in [6.45, 7) is 6.15. The number of esters is 1. The third kappa shape index (κ3) is 2.77. The van der Waals surface area contributed by atoms with E-state index in [0.29, 0.717) is 18.4 Å². The number of carbonyl (C=O) groups is 1. The van der Waals surface area contributed by atoms with Gasteiger partial charge in [0.2, 0.25) is 0 Å². The second-order valence-corrected chi connectivity index (χ2v) is 5.52. The normalized spacial score (nSPS) is 36.6. The van der Waals surface area contributed by atoms with Crippen LogP contribution in [0.3, 0.4) is 0 Å². The molecule has 0 radical (unpaired) electrons. The van der Waals surface area contributed by atoms with E-state index in [1.807, 2.05) is 6.92 Å². The molecule has 0 aromatic carbocycles. The smallest absolute Gasteiger partial charge is 0.306 e. The Morgan fingerprint density at radius 1 is 1.25 bits per heavy atom. The predicted molar refractivity (Wildman–Crippen MR) is 58.3 cm³/mol. The fourth-order valence-corrected chi connectivity index (χ4v) is 3.02. The molecule has 16 heavy (non-hydrogen) atoms. The number of nitrogens with zero attached hydrogens (tertiary/aromatic N) is 1. The third-order valence-electron chi connectivity index (χ3n) is 4.37. The first kappa shape index (κ1) is 14.0. The van der Waals surface area contributed by atoms with Gasteiger partial charge in [-0.05, 0) is 12.3 Å². The number of quaternary nitrogens is 1. The van der Waals surface area contributed by atoms with Crippen molar-refractivity contribution in [1.82, 2.24) is 0 Å². The summed E-state index contributed by atoms with van der Waals surface area (Å²) in [6, 6.07) is 0. The van der Waals surface area contributed by atoms with E-state index in [1.54, 1.807) is 0 Å². The minimum absolute atomic E-state index is 0. The summed E-state index contributed by atoms with van der Waals surface area (Å²) < 4.78 is 6.30. The highest BCUT2D eigenvalue weighted by Gasteiger charge is 2.47. The number of carbonyl (C=O) groups excluding carboxylic acids is 1. The fraction of sp³-hybridized carbons (Fsp3) is 0.917. The zero-order chi connectivity index (χ0) is 10.9. The molecular weight excluding hydrogens is 270 g/mol. The number of hydrogen-bond donors (Lipinski definition) is 0. The number of hydrogen-bond acceptors (Lipinski definition) is 2. The van der Waals surface area contributed by atoms with Crippen LogP contribution in [-0.4, -0.2) is 43.7 Å². The van der Waals surface area contributed by atoms with E-state index in [9.17, 15) is 4.79 Å². The molecule has 3 saturated heterocycles. The zero-order valence-corrected chi connectivity index (χ0v) is 11.9. The Labute approximate surface area is 108 Å². The molecule has 3 nitrogen and oxygen atoms in total. The Hall–Kier alpha value is -0.0900. The lowest BCUT2D eigenvalue weighted by molar-refractivity contribution is -0.927. The molecule has 3 fully saturated rings. The van der Waals surface area contributed by atoms with Crippen LogP contribution in [0.25, 0.3) is 0 Å². The van der Waals surface area contributed by atoms with Crippen molar-refractivity contribution < 1.29 is 31.0 Å². The lowest BCUT2D eigenvalue weighted by atomic mass is 9.69. The van der Waals surface area contributed by atoms with Gasteiger partial charge < -0.3 is 26.2 Å². The van der Waals surface area contributed by atoms with Gasteiger partial charge in [0, 0.05) is 19.3 Å². The highest BCUT2D eigenvalue weighted by molar-refractivity contribution is 5.70. The SMILES string of the molecule is CCOC(=O)CC12CC[N+](C)(CC1)CC2.[Br-]. The van der Waals surface area contributed by atoms with Crippen molar-refractivity contribution in [1.29, 1.82) is 0 Å². The molecule has 0 aromatic rings. The molecule has 0 saturated carbocycles. The Morgan fingerprint density at radius 3 is 2.19 bits per heavy atom. The Morgan fingerprint density at radius 2 is 1.75 bits per heavy atom. The van der Waals surface area contributed by atoms with Gasteiger partial charge in [0.15, 0.2) is 0 Å². The highest BCUT2D eigenvalue weighted by atomic mass is 79.9. The molecule has 3 aliphatic heterocycles. The highest BCUT2D eigenvalue weighted by Crippen LogP contribution is 2.45. The fourth-order valence-electron chi connectivity index (χ4n) is 3.02. The summed E-state index contributed by atoms with van der Waals surface area (Å²) in [7, 11) is 2.34. The summed E-state index contributed by atoms with van der Waals surface area (Å²) in [4.78, 5) is 11.5. The molecule has 94 valence electrons. The van der Waals surface area contributed by atoms with Crippen LogP contribution in [0.15, 0.2) is 0 Å². The maximum atomic E-state index is 11.5. The second kappa shape index (κ2) is 5.05. The van der Waals surface area contributed by atoms with E-state index in [0.717, 1.165) is 0 Å².